The molecule has 2 heterocycles. The summed E-state index contributed by atoms with van der Waals surface area (Å²) in [6.07, 6.45) is 8.00. The highest BCUT2D eigenvalue weighted by Crippen LogP contribution is 2.36. The minimum atomic E-state index is -0.232. The fraction of sp³-hybridized carbons (Fsp3) is 0.938. The first-order chi connectivity index (χ1) is 9.66. The predicted molar refractivity (Wildman–Crippen MR) is 76.3 cm³/mol. The topological polar surface area (TPSA) is 49.8 Å². The monoisotopic (exact) mass is 281 g/mol. The van der Waals surface area contributed by atoms with Crippen LogP contribution in [0.1, 0.15) is 58.3 Å². The predicted octanol–water partition coefficient (Wildman–Crippen LogP) is 2.10. The summed E-state index contributed by atoms with van der Waals surface area (Å²) in [4.78, 5) is 14.8. The van der Waals surface area contributed by atoms with Gasteiger partial charge < -0.3 is 14.7 Å². The van der Waals surface area contributed by atoms with Gasteiger partial charge in [-0.2, -0.15) is 0 Å². The maximum atomic E-state index is 12.7. The average molecular weight is 281 g/mol. The Balaban J connectivity index is 1.70. The molecule has 0 radical (unpaired) electrons. The summed E-state index contributed by atoms with van der Waals surface area (Å²) in [5.74, 6) is 0.469. The molecule has 3 rings (SSSR count). The van der Waals surface area contributed by atoms with Crippen molar-refractivity contribution in [1.29, 1.82) is 0 Å². The second-order valence-corrected chi connectivity index (χ2v) is 6.77. The Morgan fingerprint density at radius 2 is 1.95 bits per heavy atom. The van der Waals surface area contributed by atoms with Crippen LogP contribution >= 0.6 is 0 Å². The van der Waals surface area contributed by atoms with E-state index in [-0.39, 0.29) is 36.2 Å². The molecule has 0 spiro atoms. The molecule has 0 bridgehead atoms. The molecule has 3 aliphatic rings. The van der Waals surface area contributed by atoms with Gasteiger partial charge in [0.15, 0.2) is 0 Å². The van der Waals surface area contributed by atoms with Crippen molar-refractivity contribution in [2.75, 3.05) is 6.54 Å². The standard InChI is InChI=1S/C16H27NO3/c1-11-8-9-15(20-11)16(19)17-10-3-2-6-13(17)12-5-4-7-14(12)18/h11-15,18H,2-10H2,1H3. The molecule has 4 nitrogen and oxygen atoms in total. The number of ether oxygens (including phenoxy) is 1. The number of carbonyl (C=O) groups excluding carboxylic acids is 1. The van der Waals surface area contributed by atoms with Crippen molar-refractivity contribution in [2.45, 2.75) is 82.6 Å². The van der Waals surface area contributed by atoms with E-state index in [1.807, 2.05) is 11.8 Å². The molecule has 5 unspecified atom stereocenters. The van der Waals surface area contributed by atoms with E-state index in [1.54, 1.807) is 0 Å². The van der Waals surface area contributed by atoms with Gasteiger partial charge in [-0.25, -0.2) is 0 Å². The number of aliphatic hydroxyl groups is 1. The second-order valence-electron chi connectivity index (χ2n) is 6.77. The second kappa shape index (κ2) is 6.02. The van der Waals surface area contributed by atoms with Crippen LogP contribution in [0.5, 0.6) is 0 Å². The van der Waals surface area contributed by atoms with Crippen LogP contribution in [0.3, 0.4) is 0 Å². The van der Waals surface area contributed by atoms with Crippen molar-refractivity contribution in [2.24, 2.45) is 5.92 Å². The van der Waals surface area contributed by atoms with E-state index >= 15 is 0 Å². The Hall–Kier alpha value is -0.610. The van der Waals surface area contributed by atoms with E-state index < -0.39 is 0 Å². The van der Waals surface area contributed by atoms with Crippen molar-refractivity contribution in [1.82, 2.24) is 4.90 Å². The normalized spacial score (nSPS) is 42.1. The van der Waals surface area contributed by atoms with Gasteiger partial charge in [-0.3, -0.25) is 4.79 Å². The third-order valence-electron chi connectivity index (χ3n) is 5.37. The zero-order valence-corrected chi connectivity index (χ0v) is 12.5. The van der Waals surface area contributed by atoms with E-state index in [2.05, 4.69) is 0 Å². The number of nitrogens with zero attached hydrogens (tertiary/aromatic N) is 1. The van der Waals surface area contributed by atoms with Crippen LogP contribution in [0.15, 0.2) is 0 Å². The number of likely N-dealkylation sites (tertiary alicyclic amines) is 1. The summed E-state index contributed by atoms with van der Waals surface area (Å²) in [5.41, 5.74) is 0. The molecule has 0 aromatic carbocycles. The third kappa shape index (κ3) is 2.73. The van der Waals surface area contributed by atoms with E-state index in [0.29, 0.717) is 0 Å². The van der Waals surface area contributed by atoms with E-state index in [1.165, 1.54) is 6.42 Å². The lowest BCUT2D eigenvalue weighted by molar-refractivity contribution is -0.148. The van der Waals surface area contributed by atoms with Crippen LogP contribution < -0.4 is 0 Å². The number of rotatable bonds is 2. The minimum Gasteiger partial charge on any atom is -0.393 e. The molecule has 5 atom stereocenters. The molecular formula is C16H27NO3. The Morgan fingerprint density at radius 3 is 2.60 bits per heavy atom. The van der Waals surface area contributed by atoms with Gasteiger partial charge >= 0.3 is 0 Å². The van der Waals surface area contributed by atoms with E-state index in [0.717, 1.165) is 51.5 Å². The largest absolute Gasteiger partial charge is 0.393 e. The van der Waals surface area contributed by atoms with Gasteiger partial charge in [0.25, 0.3) is 5.91 Å². The maximum Gasteiger partial charge on any atom is 0.251 e. The molecule has 1 saturated carbocycles. The van der Waals surface area contributed by atoms with Gasteiger partial charge in [-0.05, 0) is 51.9 Å². The number of hydrogen-bond donors (Lipinski definition) is 1. The van der Waals surface area contributed by atoms with Gasteiger partial charge in [-0.1, -0.05) is 6.42 Å². The van der Waals surface area contributed by atoms with Crippen molar-refractivity contribution < 1.29 is 14.6 Å². The highest BCUT2D eigenvalue weighted by atomic mass is 16.5. The summed E-state index contributed by atoms with van der Waals surface area (Å²) >= 11 is 0. The summed E-state index contributed by atoms with van der Waals surface area (Å²) in [6, 6.07) is 0.244. The molecule has 1 N–H and O–H groups in total. The summed E-state index contributed by atoms with van der Waals surface area (Å²) < 4.78 is 5.76. The molecule has 20 heavy (non-hydrogen) atoms. The molecule has 2 aliphatic heterocycles. The molecule has 3 fully saturated rings. The zero-order valence-electron chi connectivity index (χ0n) is 12.5. The van der Waals surface area contributed by atoms with Crippen LogP contribution in [0.2, 0.25) is 0 Å². The Kier molecular flexibility index (Phi) is 4.32. The summed E-state index contributed by atoms with van der Waals surface area (Å²) in [5, 5.41) is 10.2. The molecule has 2 saturated heterocycles. The highest BCUT2D eigenvalue weighted by Gasteiger charge is 2.41. The van der Waals surface area contributed by atoms with Crippen LogP contribution in [0.25, 0.3) is 0 Å². The Morgan fingerprint density at radius 1 is 1.10 bits per heavy atom. The Bertz CT molecular complexity index is 360. The van der Waals surface area contributed by atoms with Crippen LogP contribution in [0.4, 0.5) is 0 Å². The van der Waals surface area contributed by atoms with Gasteiger partial charge in [-0.15, -0.1) is 0 Å². The number of aliphatic hydroxyl groups excluding tert-OH is 1. The smallest absolute Gasteiger partial charge is 0.251 e. The van der Waals surface area contributed by atoms with Gasteiger partial charge in [0.1, 0.15) is 6.10 Å². The van der Waals surface area contributed by atoms with Gasteiger partial charge in [0.2, 0.25) is 0 Å². The van der Waals surface area contributed by atoms with Crippen molar-refractivity contribution in [3.63, 3.8) is 0 Å². The average Bonchev–Trinajstić information content (AvgIpc) is 3.07. The fourth-order valence-corrected chi connectivity index (χ4v) is 4.26. The number of amides is 1. The van der Waals surface area contributed by atoms with Crippen LogP contribution in [-0.2, 0) is 9.53 Å². The molecule has 4 heteroatoms. The third-order valence-corrected chi connectivity index (χ3v) is 5.37. The van der Waals surface area contributed by atoms with Gasteiger partial charge in [0.05, 0.1) is 12.2 Å². The first-order valence-corrected chi connectivity index (χ1v) is 8.31. The van der Waals surface area contributed by atoms with Crippen molar-refractivity contribution >= 4 is 5.91 Å². The SMILES string of the molecule is CC1CCC(C(=O)N2CCCCC2C2CCCC2O)O1. The lowest BCUT2D eigenvalue weighted by atomic mass is 9.87. The molecule has 1 aliphatic carbocycles. The van der Waals surface area contributed by atoms with E-state index in [4.69, 9.17) is 4.74 Å². The quantitative estimate of drug-likeness (QED) is 0.843. The maximum absolute atomic E-state index is 12.7. The first kappa shape index (κ1) is 14.3. The molecule has 1 amide bonds. The molecule has 0 aromatic heterocycles. The minimum absolute atomic E-state index is 0.179. The van der Waals surface area contributed by atoms with Crippen molar-refractivity contribution in [3.05, 3.63) is 0 Å². The fourth-order valence-electron chi connectivity index (χ4n) is 4.26. The summed E-state index contributed by atoms with van der Waals surface area (Å²) in [7, 11) is 0. The van der Waals surface area contributed by atoms with E-state index in [9.17, 15) is 9.90 Å². The van der Waals surface area contributed by atoms with Crippen LogP contribution in [0, 0.1) is 5.92 Å². The highest BCUT2D eigenvalue weighted by molar-refractivity contribution is 5.81. The molecular weight excluding hydrogens is 254 g/mol. The number of hydrogen-bond acceptors (Lipinski definition) is 3. The zero-order chi connectivity index (χ0) is 14.1. The lowest BCUT2D eigenvalue weighted by Crippen LogP contribution is -2.52. The first-order valence-electron chi connectivity index (χ1n) is 8.31. The van der Waals surface area contributed by atoms with Crippen molar-refractivity contribution in [3.8, 4) is 0 Å². The number of piperidine rings is 1. The lowest BCUT2D eigenvalue weighted by Gasteiger charge is -2.41. The van der Waals surface area contributed by atoms with Crippen LogP contribution in [-0.4, -0.2) is 46.8 Å². The van der Waals surface area contributed by atoms with Gasteiger partial charge in [0, 0.05) is 18.5 Å². The molecule has 114 valence electrons. The summed E-state index contributed by atoms with van der Waals surface area (Å²) in [6.45, 7) is 2.89. The number of carbonyl (C=O) groups is 1. The Labute approximate surface area is 121 Å². The molecule has 0 aromatic rings.